The number of hydrogen-bond acceptors (Lipinski definition) is 4. The highest BCUT2D eigenvalue weighted by atomic mass is 32.2. The number of anilines is 1. The number of pyridine rings is 1. The summed E-state index contributed by atoms with van der Waals surface area (Å²) in [6, 6.07) is 5.74. The van der Waals surface area contributed by atoms with Crippen molar-refractivity contribution in [2.24, 2.45) is 0 Å². The molecule has 0 radical (unpaired) electrons. The van der Waals surface area contributed by atoms with E-state index < -0.39 is 0 Å². The van der Waals surface area contributed by atoms with Crippen LogP contribution in [0.25, 0.3) is 5.82 Å². The van der Waals surface area contributed by atoms with Crippen molar-refractivity contribution in [1.29, 1.82) is 0 Å². The highest BCUT2D eigenvalue weighted by Gasteiger charge is 2.22. The number of aromatic nitrogens is 3. The molecule has 1 aliphatic heterocycles. The summed E-state index contributed by atoms with van der Waals surface area (Å²) in [5, 5.41) is 7.06. The Morgan fingerprint density at radius 3 is 3.05 bits per heavy atom. The van der Waals surface area contributed by atoms with Gasteiger partial charge in [0.15, 0.2) is 5.82 Å². The Morgan fingerprint density at radius 2 is 2.32 bits per heavy atom. The van der Waals surface area contributed by atoms with Gasteiger partial charge in [0, 0.05) is 30.7 Å². The van der Waals surface area contributed by atoms with Gasteiger partial charge in [-0.2, -0.15) is 16.9 Å². The smallest absolute Gasteiger partial charge is 0.321 e. The van der Waals surface area contributed by atoms with E-state index >= 15 is 0 Å². The van der Waals surface area contributed by atoms with E-state index in [9.17, 15) is 4.79 Å². The predicted molar refractivity (Wildman–Crippen MR) is 88.5 cm³/mol. The zero-order chi connectivity index (χ0) is 15.4. The van der Waals surface area contributed by atoms with Crippen molar-refractivity contribution in [3.05, 3.63) is 36.8 Å². The Hall–Kier alpha value is -2.02. The van der Waals surface area contributed by atoms with E-state index in [2.05, 4.69) is 22.3 Å². The molecule has 3 heterocycles. The number of hydrogen-bond donors (Lipinski definition) is 1. The van der Waals surface area contributed by atoms with Crippen LogP contribution in [0.5, 0.6) is 0 Å². The molecule has 1 atom stereocenters. The molecule has 0 bridgehead atoms. The highest BCUT2D eigenvalue weighted by Crippen LogP contribution is 2.17. The molecule has 0 aromatic carbocycles. The quantitative estimate of drug-likeness (QED) is 0.925. The zero-order valence-corrected chi connectivity index (χ0v) is 13.3. The summed E-state index contributed by atoms with van der Waals surface area (Å²) in [7, 11) is 0. The van der Waals surface area contributed by atoms with Gasteiger partial charge in [-0.3, -0.25) is 0 Å². The SMILES string of the molecule is CC1CCSCCN1C(=O)Nc1ccc(-n2cccn2)nc1. The van der Waals surface area contributed by atoms with Crippen LogP contribution in [0.2, 0.25) is 0 Å². The number of amides is 2. The van der Waals surface area contributed by atoms with Crippen LogP contribution in [-0.2, 0) is 0 Å². The molecule has 7 heteroatoms. The molecule has 2 aromatic rings. The fourth-order valence-corrected chi connectivity index (χ4v) is 3.43. The third-order valence-electron chi connectivity index (χ3n) is 3.69. The van der Waals surface area contributed by atoms with Crippen LogP contribution >= 0.6 is 11.8 Å². The van der Waals surface area contributed by atoms with E-state index in [0.717, 1.165) is 30.3 Å². The number of carbonyl (C=O) groups is 1. The molecule has 1 fully saturated rings. The lowest BCUT2D eigenvalue weighted by atomic mass is 10.2. The summed E-state index contributed by atoms with van der Waals surface area (Å²) < 4.78 is 1.68. The first-order chi connectivity index (χ1) is 10.7. The van der Waals surface area contributed by atoms with Gasteiger partial charge in [0.1, 0.15) is 0 Å². The van der Waals surface area contributed by atoms with Gasteiger partial charge in [0.2, 0.25) is 0 Å². The van der Waals surface area contributed by atoms with Crippen molar-refractivity contribution in [1.82, 2.24) is 19.7 Å². The molecular weight excluding hydrogens is 298 g/mol. The minimum Gasteiger partial charge on any atom is -0.321 e. The first kappa shape index (κ1) is 14.9. The first-order valence-electron chi connectivity index (χ1n) is 7.35. The minimum atomic E-state index is -0.0522. The third-order valence-corrected chi connectivity index (χ3v) is 4.68. The summed E-state index contributed by atoms with van der Waals surface area (Å²) >= 11 is 1.90. The molecule has 2 aromatic heterocycles. The normalized spacial score (nSPS) is 18.8. The van der Waals surface area contributed by atoms with Gasteiger partial charge < -0.3 is 10.2 Å². The maximum absolute atomic E-state index is 12.4. The zero-order valence-electron chi connectivity index (χ0n) is 12.5. The largest absolute Gasteiger partial charge is 0.322 e. The molecule has 1 unspecified atom stereocenters. The summed E-state index contributed by atoms with van der Waals surface area (Å²) in [4.78, 5) is 18.6. The second kappa shape index (κ2) is 6.83. The lowest BCUT2D eigenvalue weighted by molar-refractivity contribution is 0.197. The van der Waals surface area contributed by atoms with Gasteiger partial charge in [-0.25, -0.2) is 14.5 Å². The summed E-state index contributed by atoms with van der Waals surface area (Å²) in [6.45, 7) is 2.89. The molecule has 1 saturated heterocycles. The number of carbonyl (C=O) groups excluding carboxylic acids is 1. The Balaban J connectivity index is 1.66. The van der Waals surface area contributed by atoms with Gasteiger partial charge in [0.05, 0.1) is 11.9 Å². The van der Waals surface area contributed by atoms with Crippen LogP contribution in [0.15, 0.2) is 36.8 Å². The van der Waals surface area contributed by atoms with Crippen LogP contribution in [0.4, 0.5) is 10.5 Å². The van der Waals surface area contributed by atoms with Gasteiger partial charge in [-0.05, 0) is 37.3 Å². The van der Waals surface area contributed by atoms with Crippen LogP contribution in [0.3, 0.4) is 0 Å². The highest BCUT2D eigenvalue weighted by molar-refractivity contribution is 7.99. The minimum absolute atomic E-state index is 0.0522. The average molecular weight is 317 g/mol. The monoisotopic (exact) mass is 317 g/mol. The first-order valence-corrected chi connectivity index (χ1v) is 8.51. The van der Waals surface area contributed by atoms with E-state index in [1.54, 1.807) is 17.1 Å². The number of thioether (sulfide) groups is 1. The van der Waals surface area contributed by atoms with Crippen molar-refractivity contribution in [3.8, 4) is 5.82 Å². The number of nitrogens with one attached hydrogen (secondary N) is 1. The number of nitrogens with zero attached hydrogens (tertiary/aromatic N) is 4. The molecule has 1 aliphatic rings. The topological polar surface area (TPSA) is 63.1 Å². The van der Waals surface area contributed by atoms with Crippen molar-refractivity contribution >= 4 is 23.5 Å². The van der Waals surface area contributed by atoms with Crippen LogP contribution in [-0.4, -0.2) is 49.8 Å². The summed E-state index contributed by atoms with van der Waals surface area (Å²) in [5.41, 5.74) is 0.699. The maximum atomic E-state index is 12.4. The lowest BCUT2D eigenvalue weighted by Gasteiger charge is -2.26. The van der Waals surface area contributed by atoms with E-state index in [0.29, 0.717) is 5.69 Å². The second-order valence-corrected chi connectivity index (χ2v) is 6.45. The number of urea groups is 1. The summed E-state index contributed by atoms with van der Waals surface area (Å²) in [6.07, 6.45) is 6.23. The maximum Gasteiger partial charge on any atom is 0.322 e. The van der Waals surface area contributed by atoms with E-state index in [1.165, 1.54) is 0 Å². The molecule has 0 saturated carbocycles. The van der Waals surface area contributed by atoms with Crippen LogP contribution in [0.1, 0.15) is 13.3 Å². The molecule has 0 aliphatic carbocycles. The van der Waals surface area contributed by atoms with Crippen LogP contribution in [0, 0.1) is 0 Å². The molecule has 1 N–H and O–H groups in total. The average Bonchev–Trinajstić information content (AvgIpc) is 2.97. The Labute approximate surface area is 133 Å². The predicted octanol–water partition coefficient (Wildman–Crippen LogP) is 2.63. The molecule has 0 spiro atoms. The van der Waals surface area contributed by atoms with Crippen molar-refractivity contribution in [2.45, 2.75) is 19.4 Å². The van der Waals surface area contributed by atoms with E-state index in [-0.39, 0.29) is 12.1 Å². The van der Waals surface area contributed by atoms with E-state index in [1.807, 2.05) is 41.1 Å². The Kier molecular flexibility index (Phi) is 4.62. The van der Waals surface area contributed by atoms with E-state index in [4.69, 9.17) is 0 Å². The second-order valence-electron chi connectivity index (χ2n) is 5.23. The Bertz CT molecular complexity index is 613. The van der Waals surface area contributed by atoms with Crippen molar-refractivity contribution < 1.29 is 4.79 Å². The molecule has 3 rings (SSSR count). The molecule has 22 heavy (non-hydrogen) atoms. The van der Waals surface area contributed by atoms with Crippen molar-refractivity contribution in [2.75, 3.05) is 23.4 Å². The van der Waals surface area contributed by atoms with Crippen molar-refractivity contribution in [3.63, 3.8) is 0 Å². The van der Waals surface area contributed by atoms with Gasteiger partial charge in [-0.1, -0.05) is 0 Å². The molecule has 116 valence electrons. The van der Waals surface area contributed by atoms with Crippen LogP contribution < -0.4 is 5.32 Å². The molecule has 6 nitrogen and oxygen atoms in total. The fourth-order valence-electron chi connectivity index (χ4n) is 2.39. The summed E-state index contributed by atoms with van der Waals surface area (Å²) in [5.74, 6) is 2.84. The number of rotatable bonds is 2. The molecular formula is C15H19N5OS. The third kappa shape index (κ3) is 3.41. The molecule has 2 amide bonds. The standard InChI is InChI=1S/C15H19N5OS/c1-12-5-9-22-10-8-19(12)15(21)18-13-3-4-14(16-11-13)20-7-2-6-17-20/h2-4,6-7,11-12H,5,8-10H2,1H3,(H,18,21). The van der Waals surface area contributed by atoms with Gasteiger partial charge in [-0.15, -0.1) is 0 Å². The van der Waals surface area contributed by atoms with Gasteiger partial charge >= 0.3 is 6.03 Å². The lowest BCUT2D eigenvalue weighted by Crippen LogP contribution is -2.42. The fraction of sp³-hybridized carbons (Fsp3) is 0.400. The Morgan fingerprint density at radius 1 is 1.41 bits per heavy atom. The van der Waals surface area contributed by atoms with Gasteiger partial charge in [0.25, 0.3) is 0 Å².